The van der Waals surface area contributed by atoms with Crippen LogP contribution in [0.1, 0.15) is 46.2 Å². The normalized spacial score (nSPS) is 20.4. The molecule has 2 atom stereocenters. The number of hydrogen-bond donors (Lipinski definition) is 0. The molecule has 4 heterocycles. The lowest BCUT2D eigenvalue weighted by molar-refractivity contribution is 0.361. The molecule has 0 fully saturated rings. The van der Waals surface area contributed by atoms with E-state index in [-0.39, 0.29) is 24.3 Å². The molecule has 0 amide bonds. The zero-order valence-corrected chi connectivity index (χ0v) is 30.8. The minimum absolute atomic E-state index is 0.156. The van der Waals surface area contributed by atoms with Crippen LogP contribution in [0.15, 0.2) is 182 Å². The van der Waals surface area contributed by atoms with Crippen LogP contribution in [0.2, 0.25) is 0 Å². The van der Waals surface area contributed by atoms with Crippen LogP contribution in [0.3, 0.4) is 0 Å². The minimum atomic E-state index is -0.272. The molecule has 7 aliphatic rings. The maximum Gasteiger partial charge on any atom is 0.246 e. The second-order valence-corrected chi connectivity index (χ2v) is 16.7. The van der Waals surface area contributed by atoms with Crippen LogP contribution in [-0.4, -0.2) is 13.4 Å². The highest BCUT2D eigenvalue weighted by molar-refractivity contribution is 6.98. The Bertz CT molecular complexity index is 2820. The van der Waals surface area contributed by atoms with Crippen molar-refractivity contribution in [3.8, 4) is 0 Å². The molecule has 2 nitrogen and oxygen atoms in total. The van der Waals surface area contributed by atoms with Crippen molar-refractivity contribution in [2.75, 3.05) is 9.80 Å². The van der Waals surface area contributed by atoms with E-state index in [2.05, 4.69) is 192 Å². The first kappa shape index (κ1) is 29.8. The Morgan fingerprint density at radius 1 is 0.321 bits per heavy atom. The number of fused-ring (bicyclic) bond motifs is 7. The minimum Gasteiger partial charge on any atom is -0.311 e. The molecule has 0 radical (unpaired) electrons. The summed E-state index contributed by atoms with van der Waals surface area (Å²) in [4.78, 5) is 5.31. The van der Waals surface area contributed by atoms with Crippen LogP contribution in [0, 0.1) is 0 Å². The quantitative estimate of drug-likeness (QED) is 0.170. The lowest BCUT2D eigenvalue weighted by atomic mass is 9.33. The van der Waals surface area contributed by atoms with Gasteiger partial charge in [-0.15, -0.1) is 0 Å². The molecule has 4 heteroatoms. The number of rotatable bonds is 2. The van der Waals surface area contributed by atoms with Crippen LogP contribution in [0.25, 0.3) is 0 Å². The average Bonchev–Trinajstić information content (AvgIpc) is 3.27. The maximum atomic E-state index is 2.65. The molecule has 2 bridgehead atoms. The zero-order chi connectivity index (χ0) is 36.3. The maximum absolute atomic E-state index is 2.65. The topological polar surface area (TPSA) is 6.48 Å². The fraction of sp³-hybridized carbons (Fsp3) is 0.0769. The van der Waals surface area contributed by atoms with E-state index in [9.17, 15) is 0 Å². The van der Waals surface area contributed by atoms with E-state index in [0.717, 1.165) is 12.8 Å². The van der Waals surface area contributed by atoms with Gasteiger partial charge < -0.3 is 9.80 Å². The van der Waals surface area contributed by atoms with Crippen molar-refractivity contribution in [3.63, 3.8) is 0 Å². The van der Waals surface area contributed by atoms with Gasteiger partial charge in [-0.3, -0.25) is 0 Å². The Hall–Kier alpha value is -6.51. The highest BCUT2D eigenvalue weighted by atomic mass is 15.2. The van der Waals surface area contributed by atoms with E-state index in [1.54, 1.807) is 0 Å². The first-order valence-electron chi connectivity index (χ1n) is 20.2. The molecule has 3 aliphatic carbocycles. The fourth-order valence-electron chi connectivity index (χ4n) is 12.8. The molecule has 56 heavy (non-hydrogen) atoms. The summed E-state index contributed by atoms with van der Waals surface area (Å²) in [5.74, 6) is 0. The summed E-state index contributed by atoms with van der Waals surface area (Å²) in [5.41, 5.74) is 24.6. The molecule has 0 aromatic heterocycles. The molecule has 8 aromatic carbocycles. The van der Waals surface area contributed by atoms with Crippen molar-refractivity contribution in [1.82, 2.24) is 0 Å². The van der Waals surface area contributed by atoms with Crippen LogP contribution >= 0.6 is 0 Å². The van der Waals surface area contributed by atoms with E-state index in [0.29, 0.717) is 0 Å². The summed E-state index contributed by atoms with van der Waals surface area (Å²) in [5, 5.41) is 0. The number of nitrogens with zero attached hydrogens (tertiary/aromatic N) is 2. The van der Waals surface area contributed by atoms with Crippen LogP contribution in [0.5, 0.6) is 0 Å². The predicted octanol–water partition coefficient (Wildman–Crippen LogP) is 7.69. The standard InChI is InChI=1S/C52H34B2N2/c1-3-15-33(16-4-1)53-39-23-7-9-27-43(39)55-45-29-13-20-36-47(45)51(37-21-11-25-41(53)49(37)55)31-32-52(36)38-22-12-26-42-50(38)56(46-30-14-19-35(51)48(46)52)44-28-10-8-24-40(44)54(42)34-17-5-2-6-18-34/h1-30H,31-32H2. The zero-order valence-electron chi connectivity index (χ0n) is 30.8. The number of para-hydroxylation sites is 4. The van der Waals surface area contributed by atoms with Crippen LogP contribution in [-0.2, 0) is 10.8 Å². The molecule has 2 unspecified atom stereocenters. The van der Waals surface area contributed by atoms with Gasteiger partial charge in [0.15, 0.2) is 0 Å². The second kappa shape index (κ2) is 10.2. The first-order valence-corrected chi connectivity index (χ1v) is 20.2. The van der Waals surface area contributed by atoms with E-state index in [4.69, 9.17) is 0 Å². The average molecular weight is 708 g/mol. The molecule has 0 saturated carbocycles. The molecule has 0 saturated heterocycles. The van der Waals surface area contributed by atoms with E-state index in [1.807, 2.05) is 0 Å². The summed E-state index contributed by atoms with van der Waals surface area (Å²) in [6.07, 6.45) is 2.13. The van der Waals surface area contributed by atoms with E-state index >= 15 is 0 Å². The Morgan fingerprint density at radius 2 is 0.679 bits per heavy atom. The van der Waals surface area contributed by atoms with Gasteiger partial charge in [-0.2, -0.15) is 0 Å². The van der Waals surface area contributed by atoms with Gasteiger partial charge in [0, 0.05) is 33.6 Å². The smallest absolute Gasteiger partial charge is 0.246 e. The van der Waals surface area contributed by atoms with Gasteiger partial charge in [0.1, 0.15) is 0 Å². The Balaban J connectivity index is 1.11. The summed E-state index contributed by atoms with van der Waals surface area (Å²) >= 11 is 0. The third-order valence-electron chi connectivity index (χ3n) is 14.6. The van der Waals surface area contributed by atoms with Gasteiger partial charge >= 0.3 is 0 Å². The van der Waals surface area contributed by atoms with E-state index in [1.165, 1.54) is 100 Å². The van der Waals surface area contributed by atoms with E-state index < -0.39 is 0 Å². The molecule has 4 aliphatic heterocycles. The molecular formula is C52H34B2N2. The summed E-state index contributed by atoms with van der Waals surface area (Å²) in [6, 6.07) is 69.8. The summed E-state index contributed by atoms with van der Waals surface area (Å²) < 4.78 is 0. The van der Waals surface area contributed by atoms with Crippen LogP contribution < -0.4 is 42.6 Å². The van der Waals surface area contributed by atoms with Gasteiger partial charge in [0.25, 0.3) is 0 Å². The third-order valence-corrected chi connectivity index (χ3v) is 14.6. The van der Waals surface area contributed by atoms with Crippen molar-refractivity contribution in [2.45, 2.75) is 23.7 Å². The molecule has 258 valence electrons. The second-order valence-electron chi connectivity index (χ2n) is 16.7. The fourth-order valence-corrected chi connectivity index (χ4v) is 12.8. The van der Waals surface area contributed by atoms with Gasteiger partial charge in [-0.05, 0) is 92.3 Å². The Kier molecular flexibility index (Phi) is 5.43. The summed E-state index contributed by atoms with van der Waals surface area (Å²) in [7, 11) is 0. The molecular weight excluding hydrogens is 674 g/mol. The van der Waals surface area contributed by atoms with Gasteiger partial charge in [-0.25, -0.2) is 0 Å². The highest BCUT2D eigenvalue weighted by Crippen LogP contribution is 2.72. The van der Waals surface area contributed by atoms with Crippen molar-refractivity contribution < 1.29 is 0 Å². The molecule has 0 N–H and O–H groups in total. The van der Waals surface area contributed by atoms with Crippen molar-refractivity contribution in [3.05, 3.63) is 215 Å². The molecule has 8 aromatic rings. The van der Waals surface area contributed by atoms with Crippen LogP contribution in [0.4, 0.5) is 34.1 Å². The number of benzene rings is 8. The van der Waals surface area contributed by atoms with Gasteiger partial charge in [-0.1, -0.05) is 169 Å². The predicted molar refractivity (Wildman–Crippen MR) is 233 cm³/mol. The largest absolute Gasteiger partial charge is 0.311 e. The van der Waals surface area contributed by atoms with Crippen molar-refractivity contribution in [1.29, 1.82) is 0 Å². The van der Waals surface area contributed by atoms with Crippen molar-refractivity contribution >= 4 is 80.3 Å². The lowest BCUT2D eigenvalue weighted by Gasteiger charge is -2.63. The first-order chi connectivity index (χ1) is 27.8. The SMILES string of the molecule is c1ccc(B2c3ccccc3N3c4cccc5c4C4(CCC56c5cccc7c5N(c5ccccc5B7c5ccccc5)c5cccc4c56)c4cccc2c43)cc1. The third kappa shape index (κ3) is 3.22. The van der Waals surface area contributed by atoms with Gasteiger partial charge in [0.05, 0.1) is 11.4 Å². The van der Waals surface area contributed by atoms with Crippen molar-refractivity contribution in [2.24, 2.45) is 0 Å². The highest BCUT2D eigenvalue weighted by Gasteiger charge is 2.64. The molecule has 15 rings (SSSR count). The molecule has 2 spiro atoms. The van der Waals surface area contributed by atoms with Gasteiger partial charge in [0.2, 0.25) is 13.4 Å². The Morgan fingerprint density at radius 3 is 1.14 bits per heavy atom. The Labute approximate surface area is 327 Å². The number of anilines is 6. The lowest BCUT2D eigenvalue weighted by Crippen LogP contribution is -2.62. The summed E-state index contributed by atoms with van der Waals surface area (Å²) in [6.45, 7) is 0.312. The number of hydrogen-bond acceptors (Lipinski definition) is 2. The monoisotopic (exact) mass is 708 g/mol.